The second-order valence-corrected chi connectivity index (χ2v) is 4.82. The highest BCUT2D eigenvalue weighted by molar-refractivity contribution is 5.99. The van der Waals surface area contributed by atoms with Gasteiger partial charge in [-0.2, -0.15) is 0 Å². The normalized spacial score (nSPS) is 11.2. The molecule has 0 aliphatic heterocycles. The number of hydrogen-bond acceptors (Lipinski definition) is 2. The summed E-state index contributed by atoms with van der Waals surface area (Å²) in [4.78, 5) is 14.5. The minimum Gasteiger partial charge on any atom is -0.349 e. The molecule has 0 radical (unpaired) electrons. The van der Waals surface area contributed by atoms with E-state index in [1.165, 1.54) is 5.69 Å². The van der Waals surface area contributed by atoms with Crippen molar-refractivity contribution >= 4 is 5.78 Å². The summed E-state index contributed by atoms with van der Waals surface area (Å²) < 4.78 is 2.20. The van der Waals surface area contributed by atoms with Gasteiger partial charge in [0.1, 0.15) is 0 Å². The highest BCUT2D eigenvalue weighted by atomic mass is 16.1. The van der Waals surface area contributed by atoms with Crippen LogP contribution in [0.4, 0.5) is 0 Å². The van der Waals surface area contributed by atoms with Crippen molar-refractivity contribution in [3.05, 3.63) is 23.0 Å². The first-order valence-corrected chi connectivity index (χ1v) is 6.97. The van der Waals surface area contributed by atoms with Crippen LogP contribution in [0.3, 0.4) is 0 Å². The number of aromatic nitrogens is 1. The molecule has 0 unspecified atom stereocenters. The number of nitrogens with zero attached hydrogens (tertiary/aromatic N) is 2. The topological polar surface area (TPSA) is 25.2 Å². The maximum Gasteiger partial charge on any atom is 0.178 e. The van der Waals surface area contributed by atoms with Crippen LogP contribution in [0.5, 0.6) is 0 Å². The van der Waals surface area contributed by atoms with E-state index >= 15 is 0 Å². The maximum absolute atomic E-state index is 12.3. The van der Waals surface area contributed by atoms with Crippen LogP contribution in [-0.2, 0) is 6.54 Å². The van der Waals surface area contributed by atoms with E-state index in [0.717, 1.165) is 37.3 Å². The molecule has 0 N–H and O–H groups in total. The second kappa shape index (κ2) is 6.74. The summed E-state index contributed by atoms with van der Waals surface area (Å²) in [6.07, 6.45) is 1.09. The molecule has 0 aliphatic rings. The van der Waals surface area contributed by atoms with E-state index in [0.29, 0.717) is 6.54 Å². The van der Waals surface area contributed by atoms with E-state index in [1.54, 1.807) is 0 Å². The van der Waals surface area contributed by atoms with Crippen molar-refractivity contribution in [1.82, 2.24) is 9.47 Å². The van der Waals surface area contributed by atoms with Crippen molar-refractivity contribution in [3.8, 4) is 0 Å². The van der Waals surface area contributed by atoms with Crippen LogP contribution in [0.2, 0.25) is 0 Å². The predicted octanol–water partition coefficient (Wildman–Crippen LogP) is 3.04. The third-order valence-electron chi connectivity index (χ3n) is 3.54. The maximum atomic E-state index is 12.3. The molecule has 0 saturated heterocycles. The monoisotopic (exact) mass is 250 g/mol. The summed E-state index contributed by atoms with van der Waals surface area (Å²) in [6, 6.07) is 2.03. The van der Waals surface area contributed by atoms with Crippen LogP contribution < -0.4 is 0 Å². The molecule has 0 saturated carbocycles. The molecule has 0 spiro atoms. The molecule has 0 amide bonds. The molecule has 1 rings (SSSR count). The van der Waals surface area contributed by atoms with Crippen molar-refractivity contribution in [2.24, 2.45) is 0 Å². The Kier molecular flexibility index (Phi) is 5.60. The van der Waals surface area contributed by atoms with Gasteiger partial charge in [-0.25, -0.2) is 0 Å². The van der Waals surface area contributed by atoms with Crippen molar-refractivity contribution in [2.45, 2.75) is 47.6 Å². The third kappa shape index (κ3) is 3.22. The molecule has 0 atom stereocenters. The number of rotatable bonds is 7. The fraction of sp³-hybridized carbons (Fsp3) is 0.667. The van der Waals surface area contributed by atoms with Gasteiger partial charge >= 0.3 is 0 Å². The molecular formula is C15H26N2O. The van der Waals surface area contributed by atoms with Crippen LogP contribution in [0.25, 0.3) is 0 Å². The Bertz CT molecular complexity index is 407. The van der Waals surface area contributed by atoms with E-state index in [1.807, 2.05) is 13.0 Å². The number of hydrogen-bond donors (Lipinski definition) is 0. The van der Waals surface area contributed by atoms with Crippen molar-refractivity contribution in [2.75, 3.05) is 19.6 Å². The predicted molar refractivity (Wildman–Crippen MR) is 76.3 cm³/mol. The zero-order valence-electron chi connectivity index (χ0n) is 12.4. The minimum absolute atomic E-state index is 0.248. The number of ketones is 1. The van der Waals surface area contributed by atoms with Gasteiger partial charge in [0.2, 0.25) is 0 Å². The molecule has 1 aromatic heterocycles. The molecule has 0 bridgehead atoms. The molecule has 0 aromatic carbocycles. The average Bonchev–Trinajstić information content (AvgIpc) is 2.63. The van der Waals surface area contributed by atoms with Crippen molar-refractivity contribution in [1.29, 1.82) is 0 Å². The highest BCUT2D eigenvalue weighted by Gasteiger charge is 2.16. The summed E-state index contributed by atoms with van der Waals surface area (Å²) >= 11 is 0. The lowest BCUT2D eigenvalue weighted by Crippen LogP contribution is -2.30. The largest absolute Gasteiger partial charge is 0.349 e. The van der Waals surface area contributed by atoms with E-state index in [4.69, 9.17) is 0 Å². The van der Waals surface area contributed by atoms with E-state index < -0.39 is 0 Å². The summed E-state index contributed by atoms with van der Waals surface area (Å²) in [5.41, 5.74) is 3.17. The van der Waals surface area contributed by atoms with Gasteiger partial charge in [0.05, 0.1) is 6.54 Å². The first kappa shape index (κ1) is 15.0. The SMILES string of the molecule is CCCN(CC)CC(=O)c1cc(C)n(CC)c1C. The van der Waals surface area contributed by atoms with Crippen LogP contribution in [0.15, 0.2) is 6.07 Å². The lowest BCUT2D eigenvalue weighted by atomic mass is 10.1. The molecule has 1 heterocycles. The smallest absolute Gasteiger partial charge is 0.178 e. The summed E-state index contributed by atoms with van der Waals surface area (Å²) in [7, 11) is 0. The summed E-state index contributed by atoms with van der Waals surface area (Å²) in [6.45, 7) is 13.9. The van der Waals surface area contributed by atoms with Crippen LogP contribution in [0.1, 0.15) is 48.9 Å². The Morgan fingerprint density at radius 3 is 2.39 bits per heavy atom. The van der Waals surface area contributed by atoms with E-state index in [9.17, 15) is 4.79 Å². The Morgan fingerprint density at radius 2 is 1.94 bits per heavy atom. The molecule has 18 heavy (non-hydrogen) atoms. The molecular weight excluding hydrogens is 224 g/mol. The number of aryl methyl sites for hydroxylation is 1. The quantitative estimate of drug-likeness (QED) is 0.695. The number of likely N-dealkylation sites (N-methyl/N-ethyl adjacent to an activating group) is 1. The zero-order chi connectivity index (χ0) is 13.7. The second-order valence-electron chi connectivity index (χ2n) is 4.82. The number of carbonyl (C=O) groups excluding carboxylic acids is 1. The average molecular weight is 250 g/mol. The third-order valence-corrected chi connectivity index (χ3v) is 3.54. The lowest BCUT2D eigenvalue weighted by molar-refractivity contribution is 0.0933. The molecule has 1 aromatic rings. The molecule has 3 nitrogen and oxygen atoms in total. The summed E-state index contributed by atoms with van der Waals surface area (Å²) in [5, 5.41) is 0. The van der Waals surface area contributed by atoms with E-state index in [2.05, 4.69) is 37.2 Å². The number of carbonyl (C=O) groups is 1. The fourth-order valence-electron chi connectivity index (χ4n) is 2.52. The highest BCUT2D eigenvalue weighted by Crippen LogP contribution is 2.16. The fourth-order valence-corrected chi connectivity index (χ4v) is 2.52. The molecule has 0 fully saturated rings. The van der Waals surface area contributed by atoms with Crippen LogP contribution in [0, 0.1) is 13.8 Å². The molecule has 3 heteroatoms. The van der Waals surface area contributed by atoms with Crippen LogP contribution >= 0.6 is 0 Å². The Labute approximate surface area is 111 Å². The van der Waals surface area contributed by atoms with Crippen LogP contribution in [-0.4, -0.2) is 34.9 Å². The first-order chi connectivity index (χ1) is 8.54. The van der Waals surface area contributed by atoms with Crippen molar-refractivity contribution < 1.29 is 4.79 Å². The van der Waals surface area contributed by atoms with Gasteiger partial charge in [-0.1, -0.05) is 13.8 Å². The number of Topliss-reactive ketones (excluding diaryl/α,β-unsaturated/α-hetero) is 1. The Morgan fingerprint density at radius 1 is 1.28 bits per heavy atom. The first-order valence-electron chi connectivity index (χ1n) is 6.97. The van der Waals surface area contributed by atoms with Gasteiger partial charge in [-0.3, -0.25) is 9.69 Å². The van der Waals surface area contributed by atoms with Gasteiger partial charge < -0.3 is 4.57 Å². The lowest BCUT2D eigenvalue weighted by Gasteiger charge is -2.18. The van der Waals surface area contributed by atoms with Gasteiger partial charge in [0, 0.05) is 23.5 Å². The Balaban J connectivity index is 2.84. The summed E-state index contributed by atoms with van der Waals surface area (Å²) in [5.74, 6) is 0.248. The molecule has 102 valence electrons. The van der Waals surface area contributed by atoms with Gasteiger partial charge in [0.15, 0.2) is 5.78 Å². The standard InChI is InChI=1S/C15H26N2O/c1-6-9-16(7-2)11-15(18)14-10-12(4)17(8-3)13(14)5/h10H,6-9,11H2,1-5H3. The zero-order valence-corrected chi connectivity index (χ0v) is 12.4. The molecule has 0 aliphatic carbocycles. The van der Waals surface area contributed by atoms with Crippen molar-refractivity contribution in [3.63, 3.8) is 0 Å². The van der Waals surface area contributed by atoms with E-state index in [-0.39, 0.29) is 5.78 Å². The van der Waals surface area contributed by atoms with Gasteiger partial charge in [-0.05, 0) is 46.3 Å². The Hall–Kier alpha value is -1.09. The minimum atomic E-state index is 0.248. The van der Waals surface area contributed by atoms with Gasteiger partial charge in [0.25, 0.3) is 0 Å². The van der Waals surface area contributed by atoms with Gasteiger partial charge in [-0.15, -0.1) is 0 Å².